The highest BCUT2D eigenvalue weighted by Gasteiger charge is 2.25. The van der Waals surface area contributed by atoms with Gasteiger partial charge in [-0.3, -0.25) is 4.79 Å². The fourth-order valence-corrected chi connectivity index (χ4v) is 3.97. The van der Waals surface area contributed by atoms with Gasteiger partial charge in [0.15, 0.2) is 0 Å². The zero-order valence-electron chi connectivity index (χ0n) is 15.3. The Kier molecular flexibility index (Phi) is 5.16. The summed E-state index contributed by atoms with van der Waals surface area (Å²) in [6, 6.07) is 12.0. The van der Waals surface area contributed by atoms with Crippen LogP contribution in [0, 0.1) is 12.8 Å². The van der Waals surface area contributed by atoms with Crippen molar-refractivity contribution in [2.75, 3.05) is 23.3 Å². The fraction of sp³-hybridized carbons (Fsp3) is 0.286. The number of anilines is 2. The van der Waals surface area contributed by atoms with Gasteiger partial charge < -0.3 is 10.2 Å². The van der Waals surface area contributed by atoms with E-state index in [9.17, 15) is 4.79 Å². The first-order valence-electron chi connectivity index (χ1n) is 9.17. The summed E-state index contributed by atoms with van der Waals surface area (Å²) in [6.45, 7) is 3.76. The molecule has 27 heavy (non-hydrogen) atoms. The minimum atomic E-state index is 0.0466. The number of aromatic nitrogens is 2. The maximum atomic E-state index is 12.6. The van der Waals surface area contributed by atoms with Crippen LogP contribution in [-0.4, -0.2) is 29.0 Å². The van der Waals surface area contributed by atoms with Crippen molar-refractivity contribution in [3.8, 4) is 10.6 Å². The lowest BCUT2D eigenvalue weighted by Crippen LogP contribution is -2.38. The van der Waals surface area contributed by atoms with Gasteiger partial charge >= 0.3 is 0 Å². The summed E-state index contributed by atoms with van der Waals surface area (Å²) in [5, 5.41) is 6.01. The molecule has 0 unspecified atom stereocenters. The predicted molar refractivity (Wildman–Crippen MR) is 110 cm³/mol. The van der Waals surface area contributed by atoms with E-state index < -0.39 is 0 Å². The Morgan fingerprint density at radius 2 is 1.89 bits per heavy atom. The first-order valence-corrected chi connectivity index (χ1v) is 10.1. The van der Waals surface area contributed by atoms with Crippen molar-refractivity contribution in [1.82, 2.24) is 9.97 Å². The van der Waals surface area contributed by atoms with Crippen LogP contribution in [0.25, 0.3) is 10.6 Å². The Balaban J connectivity index is 1.32. The van der Waals surface area contributed by atoms with Crippen molar-refractivity contribution in [3.05, 3.63) is 59.7 Å². The third-order valence-electron chi connectivity index (χ3n) is 4.92. The van der Waals surface area contributed by atoms with E-state index in [4.69, 9.17) is 0 Å². The van der Waals surface area contributed by atoms with Crippen LogP contribution in [0.4, 0.5) is 11.5 Å². The summed E-state index contributed by atoms with van der Waals surface area (Å²) in [6.07, 6.45) is 5.38. The fourth-order valence-electron chi connectivity index (χ4n) is 3.32. The van der Waals surface area contributed by atoms with E-state index in [0.29, 0.717) is 0 Å². The minimum absolute atomic E-state index is 0.0466. The molecule has 0 saturated carbocycles. The topological polar surface area (TPSA) is 58.1 Å². The van der Waals surface area contributed by atoms with Gasteiger partial charge in [-0.15, -0.1) is 11.3 Å². The van der Waals surface area contributed by atoms with Crippen LogP contribution in [0.1, 0.15) is 18.4 Å². The highest BCUT2D eigenvalue weighted by molar-refractivity contribution is 7.13. The monoisotopic (exact) mass is 378 g/mol. The summed E-state index contributed by atoms with van der Waals surface area (Å²) in [4.78, 5) is 23.7. The Bertz CT molecular complexity index is 883. The van der Waals surface area contributed by atoms with E-state index in [0.717, 1.165) is 53.6 Å². The van der Waals surface area contributed by atoms with Crippen LogP contribution >= 0.6 is 11.3 Å². The first-order chi connectivity index (χ1) is 13.2. The summed E-state index contributed by atoms with van der Waals surface area (Å²) >= 11 is 1.61. The molecule has 1 N–H and O–H groups in total. The van der Waals surface area contributed by atoms with Crippen molar-refractivity contribution in [3.63, 3.8) is 0 Å². The molecule has 1 aliphatic heterocycles. The van der Waals surface area contributed by atoms with Gasteiger partial charge in [0.2, 0.25) is 5.91 Å². The molecule has 0 bridgehead atoms. The zero-order valence-corrected chi connectivity index (χ0v) is 16.1. The molecule has 2 aromatic heterocycles. The molecule has 1 aliphatic rings. The van der Waals surface area contributed by atoms with E-state index in [1.807, 2.05) is 42.8 Å². The van der Waals surface area contributed by atoms with Gasteiger partial charge in [-0.05, 0) is 55.7 Å². The minimum Gasteiger partial charge on any atom is -0.357 e. The maximum absolute atomic E-state index is 12.6. The Morgan fingerprint density at radius 3 is 2.52 bits per heavy atom. The molecule has 138 valence electrons. The second kappa shape index (κ2) is 7.88. The van der Waals surface area contributed by atoms with Crippen LogP contribution in [0.15, 0.2) is 54.2 Å². The van der Waals surface area contributed by atoms with Gasteiger partial charge in [0.1, 0.15) is 10.8 Å². The molecular formula is C21H22N4OS. The van der Waals surface area contributed by atoms with Crippen LogP contribution in [0.5, 0.6) is 0 Å². The van der Waals surface area contributed by atoms with Crippen molar-refractivity contribution < 1.29 is 4.79 Å². The molecule has 5 nitrogen and oxygen atoms in total. The van der Waals surface area contributed by atoms with E-state index >= 15 is 0 Å². The largest absolute Gasteiger partial charge is 0.357 e. The quantitative estimate of drug-likeness (QED) is 0.732. The number of carbonyl (C=O) groups is 1. The zero-order chi connectivity index (χ0) is 18.6. The van der Waals surface area contributed by atoms with Crippen LogP contribution in [0.2, 0.25) is 0 Å². The standard InChI is InChI=1S/C21H22N4OS/c1-15-2-7-19(23-14-15)25-11-8-16(9-12-25)20(26)24-18-5-3-17(4-6-18)21-22-10-13-27-21/h2-7,10,13-14,16H,8-9,11-12H2,1H3,(H,24,26). The number of benzene rings is 1. The molecule has 3 aromatic rings. The lowest BCUT2D eigenvalue weighted by Gasteiger charge is -2.32. The molecule has 1 saturated heterocycles. The van der Waals surface area contributed by atoms with Crippen molar-refractivity contribution in [2.45, 2.75) is 19.8 Å². The molecule has 4 rings (SSSR count). The molecule has 0 radical (unpaired) electrons. The number of amides is 1. The molecule has 1 fully saturated rings. The number of piperidine rings is 1. The summed E-state index contributed by atoms with van der Waals surface area (Å²) in [5.74, 6) is 1.15. The van der Waals surface area contributed by atoms with Gasteiger partial charge in [-0.2, -0.15) is 0 Å². The van der Waals surface area contributed by atoms with Gasteiger partial charge in [-0.25, -0.2) is 9.97 Å². The smallest absolute Gasteiger partial charge is 0.227 e. The van der Waals surface area contributed by atoms with Crippen LogP contribution in [-0.2, 0) is 4.79 Å². The maximum Gasteiger partial charge on any atom is 0.227 e. The number of rotatable bonds is 4. The van der Waals surface area contributed by atoms with Crippen molar-refractivity contribution in [1.29, 1.82) is 0 Å². The number of nitrogens with zero attached hydrogens (tertiary/aromatic N) is 3. The van der Waals surface area contributed by atoms with Crippen LogP contribution in [0.3, 0.4) is 0 Å². The predicted octanol–water partition coefficient (Wildman–Crippen LogP) is 4.37. The van der Waals surface area contributed by atoms with Gasteiger partial charge in [0, 0.05) is 48.0 Å². The Hall–Kier alpha value is -2.73. The lowest BCUT2D eigenvalue weighted by molar-refractivity contribution is -0.120. The molecule has 1 aromatic carbocycles. The van der Waals surface area contributed by atoms with Gasteiger partial charge in [0.05, 0.1) is 0 Å². The number of nitrogens with one attached hydrogen (secondary N) is 1. The average Bonchev–Trinajstić information content (AvgIpc) is 3.24. The van der Waals surface area contributed by atoms with Crippen molar-refractivity contribution >= 4 is 28.7 Å². The number of aryl methyl sites for hydroxylation is 1. The highest BCUT2D eigenvalue weighted by atomic mass is 32.1. The van der Waals surface area contributed by atoms with E-state index in [1.54, 1.807) is 17.5 Å². The van der Waals surface area contributed by atoms with E-state index in [2.05, 4.69) is 32.3 Å². The summed E-state index contributed by atoms with van der Waals surface area (Å²) in [5.41, 5.74) is 3.07. The van der Waals surface area contributed by atoms with Crippen molar-refractivity contribution in [2.24, 2.45) is 5.92 Å². The average molecular weight is 379 g/mol. The normalized spacial score (nSPS) is 14.9. The van der Waals surface area contributed by atoms with E-state index in [-0.39, 0.29) is 11.8 Å². The number of carbonyl (C=O) groups excluding carboxylic acids is 1. The highest BCUT2D eigenvalue weighted by Crippen LogP contribution is 2.25. The molecule has 0 spiro atoms. The SMILES string of the molecule is Cc1ccc(N2CCC(C(=O)Nc3ccc(-c4nccs4)cc3)CC2)nc1. The molecular weight excluding hydrogens is 356 g/mol. The molecule has 0 atom stereocenters. The number of thiazole rings is 1. The number of pyridine rings is 1. The third-order valence-corrected chi connectivity index (χ3v) is 5.74. The first kappa shape index (κ1) is 17.7. The summed E-state index contributed by atoms with van der Waals surface area (Å²) < 4.78 is 0. The summed E-state index contributed by atoms with van der Waals surface area (Å²) in [7, 11) is 0. The van der Waals surface area contributed by atoms with E-state index in [1.165, 1.54) is 0 Å². The Labute approximate surface area is 163 Å². The Morgan fingerprint density at radius 1 is 1.11 bits per heavy atom. The van der Waals surface area contributed by atoms with Gasteiger partial charge in [-0.1, -0.05) is 6.07 Å². The lowest BCUT2D eigenvalue weighted by atomic mass is 9.95. The second-order valence-corrected chi connectivity index (χ2v) is 7.75. The van der Waals surface area contributed by atoms with Gasteiger partial charge in [0.25, 0.3) is 0 Å². The molecule has 6 heteroatoms. The second-order valence-electron chi connectivity index (χ2n) is 6.86. The molecule has 0 aliphatic carbocycles. The third kappa shape index (κ3) is 4.17. The molecule has 1 amide bonds. The number of hydrogen-bond acceptors (Lipinski definition) is 5. The molecule has 3 heterocycles. The van der Waals surface area contributed by atoms with Crippen LogP contribution < -0.4 is 10.2 Å². The number of hydrogen-bond donors (Lipinski definition) is 1.